The lowest BCUT2D eigenvalue weighted by molar-refractivity contribution is -0.130. The molecular formula is C23H30N2O3S. The lowest BCUT2D eigenvalue weighted by Crippen LogP contribution is -2.37. The number of unbranched alkanes of at least 4 members (excludes halogenated alkanes) is 1. The fraction of sp³-hybridized carbons (Fsp3) is 0.435. The lowest BCUT2D eigenvalue weighted by Gasteiger charge is -2.25. The van der Waals surface area contributed by atoms with E-state index in [-0.39, 0.29) is 5.91 Å². The first-order chi connectivity index (χ1) is 14.1. The van der Waals surface area contributed by atoms with E-state index in [0.717, 1.165) is 29.7 Å². The van der Waals surface area contributed by atoms with Gasteiger partial charge in [0.25, 0.3) is 0 Å². The smallest absolute Gasteiger partial charge is 0.222 e. The van der Waals surface area contributed by atoms with Crippen LogP contribution in [0.1, 0.15) is 30.4 Å². The number of hydrogen-bond donors (Lipinski definition) is 0. The third-order valence-corrected chi connectivity index (χ3v) is 6.63. The van der Waals surface area contributed by atoms with Gasteiger partial charge in [-0.3, -0.25) is 4.79 Å². The van der Waals surface area contributed by atoms with Crippen LogP contribution in [0.3, 0.4) is 0 Å². The number of rotatable bonds is 9. The van der Waals surface area contributed by atoms with Gasteiger partial charge in [-0.1, -0.05) is 42.5 Å². The van der Waals surface area contributed by atoms with Crippen molar-refractivity contribution < 1.29 is 13.7 Å². The van der Waals surface area contributed by atoms with E-state index in [1.165, 1.54) is 5.56 Å². The normalized spacial score (nSPS) is 15.8. The SMILES string of the molecule is CN(Cc1ccc(S(=O)N2CCOCC2)cc1)C(=O)CCCCc1ccccc1. The second kappa shape index (κ2) is 11.2. The van der Waals surface area contributed by atoms with Crippen LogP contribution in [0.4, 0.5) is 0 Å². The molecule has 29 heavy (non-hydrogen) atoms. The Morgan fingerprint density at radius 1 is 1.00 bits per heavy atom. The van der Waals surface area contributed by atoms with Crippen LogP contribution in [-0.2, 0) is 33.5 Å². The number of aryl methyl sites for hydroxylation is 1. The Balaban J connectivity index is 1.41. The number of carbonyl (C=O) groups excluding carboxylic acids is 1. The maximum absolute atomic E-state index is 12.6. The van der Waals surface area contributed by atoms with Gasteiger partial charge in [-0.2, -0.15) is 0 Å². The Morgan fingerprint density at radius 3 is 2.38 bits per heavy atom. The Kier molecular flexibility index (Phi) is 8.40. The van der Waals surface area contributed by atoms with E-state index in [2.05, 4.69) is 24.3 Å². The molecule has 0 bridgehead atoms. The van der Waals surface area contributed by atoms with Crippen molar-refractivity contribution in [2.45, 2.75) is 37.1 Å². The molecule has 0 N–H and O–H groups in total. The molecule has 5 nitrogen and oxygen atoms in total. The summed E-state index contributed by atoms with van der Waals surface area (Å²) >= 11 is 0. The molecular weight excluding hydrogens is 384 g/mol. The van der Waals surface area contributed by atoms with Crippen LogP contribution in [0.15, 0.2) is 59.5 Å². The number of morpholine rings is 1. The standard InChI is InChI=1S/C23H30N2O3S/c1-24(23(26)10-6-5-9-20-7-3-2-4-8-20)19-21-11-13-22(14-12-21)29(27)25-15-17-28-18-16-25/h2-4,7-8,11-14H,5-6,9-10,15-19H2,1H3. The summed E-state index contributed by atoms with van der Waals surface area (Å²) in [5, 5.41) is 0. The van der Waals surface area contributed by atoms with Gasteiger partial charge in [0, 0.05) is 33.1 Å². The summed E-state index contributed by atoms with van der Waals surface area (Å²) in [6, 6.07) is 18.1. The minimum absolute atomic E-state index is 0.166. The molecule has 2 aromatic carbocycles. The third kappa shape index (κ3) is 6.77. The first-order valence-corrected chi connectivity index (χ1v) is 11.4. The second-order valence-electron chi connectivity index (χ2n) is 7.38. The predicted octanol–water partition coefficient (Wildman–Crippen LogP) is 3.41. The van der Waals surface area contributed by atoms with Gasteiger partial charge in [0.05, 0.1) is 18.1 Å². The summed E-state index contributed by atoms with van der Waals surface area (Å²) in [6.45, 7) is 3.21. The second-order valence-corrected chi connectivity index (χ2v) is 8.86. The first kappa shape index (κ1) is 21.7. The Labute approximate surface area is 176 Å². The van der Waals surface area contributed by atoms with Crippen LogP contribution >= 0.6 is 0 Å². The van der Waals surface area contributed by atoms with Crippen molar-refractivity contribution in [3.8, 4) is 0 Å². The molecule has 156 valence electrons. The minimum atomic E-state index is -1.15. The van der Waals surface area contributed by atoms with Crippen molar-refractivity contribution >= 4 is 16.9 Å². The maximum Gasteiger partial charge on any atom is 0.222 e. The van der Waals surface area contributed by atoms with Crippen LogP contribution < -0.4 is 0 Å². The fourth-order valence-electron chi connectivity index (χ4n) is 3.38. The topological polar surface area (TPSA) is 49.9 Å². The molecule has 1 heterocycles. The van der Waals surface area contributed by atoms with Crippen molar-refractivity contribution in [2.24, 2.45) is 0 Å². The summed E-state index contributed by atoms with van der Waals surface area (Å²) in [6.07, 6.45) is 3.50. The minimum Gasteiger partial charge on any atom is -0.379 e. The van der Waals surface area contributed by atoms with E-state index in [0.29, 0.717) is 39.3 Å². The van der Waals surface area contributed by atoms with E-state index < -0.39 is 11.0 Å². The molecule has 1 aliphatic rings. The first-order valence-electron chi connectivity index (χ1n) is 10.2. The summed E-state index contributed by atoms with van der Waals surface area (Å²) in [4.78, 5) is 15.0. The van der Waals surface area contributed by atoms with Gasteiger partial charge in [-0.05, 0) is 42.5 Å². The highest BCUT2D eigenvalue weighted by molar-refractivity contribution is 7.82. The number of ether oxygens (including phenoxy) is 1. The summed E-state index contributed by atoms with van der Waals surface area (Å²) in [5.41, 5.74) is 2.37. The highest BCUT2D eigenvalue weighted by atomic mass is 32.2. The fourth-order valence-corrected chi connectivity index (χ4v) is 4.52. The van der Waals surface area contributed by atoms with Crippen molar-refractivity contribution in [2.75, 3.05) is 33.4 Å². The molecule has 1 amide bonds. The quantitative estimate of drug-likeness (QED) is 0.591. The molecule has 2 aromatic rings. The van der Waals surface area contributed by atoms with Gasteiger partial charge < -0.3 is 9.64 Å². The largest absolute Gasteiger partial charge is 0.379 e. The number of nitrogens with zero attached hydrogens (tertiary/aromatic N) is 2. The zero-order chi connectivity index (χ0) is 20.5. The highest BCUT2D eigenvalue weighted by Crippen LogP contribution is 2.15. The van der Waals surface area contributed by atoms with Crippen LogP contribution in [0, 0.1) is 0 Å². The van der Waals surface area contributed by atoms with Crippen LogP contribution in [0.2, 0.25) is 0 Å². The Morgan fingerprint density at radius 2 is 1.69 bits per heavy atom. The van der Waals surface area contributed by atoms with Crippen molar-refractivity contribution in [3.05, 3.63) is 65.7 Å². The Bertz CT molecular complexity index is 790. The molecule has 0 spiro atoms. The van der Waals surface area contributed by atoms with Crippen LogP contribution in [0.25, 0.3) is 0 Å². The van der Waals surface area contributed by atoms with E-state index in [9.17, 15) is 9.00 Å². The molecule has 0 aromatic heterocycles. The average molecular weight is 415 g/mol. The molecule has 1 saturated heterocycles. The van der Waals surface area contributed by atoms with Gasteiger partial charge in [-0.15, -0.1) is 0 Å². The van der Waals surface area contributed by atoms with Gasteiger partial charge in [0.2, 0.25) is 5.91 Å². The van der Waals surface area contributed by atoms with E-state index >= 15 is 0 Å². The highest BCUT2D eigenvalue weighted by Gasteiger charge is 2.18. The average Bonchev–Trinajstić information content (AvgIpc) is 2.78. The van der Waals surface area contributed by atoms with E-state index in [4.69, 9.17) is 4.74 Å². The monoisotopic (exact) mass is 414 g/mol. The van der Waals surface area contributed by atoms with Gasteiger partial charge >= 0.3 is 0 Å². The summed E-state index contributed by atoms with van der Waals surface area (Å²) in [7, 11) is 0.698. The summed E-state index contributed by atoms with van der Waals surface area (Å²) in [5.74, 6) is 0.166. The molecule has 6 heteroatoms. The molecule has 0 saturated carbocycles. The zero-order valence-electron chi connectivity index (χ0n) is 17.1. The molecule has 1 fully saturated rings. The number of amides is 1. The third-order valence-electron chi connectivity index (χ3n) is 5.12. The zero-order valence-corrected chi connectivity index (χ0v) is 17.9. The van der Waals surface area contributed by atoms with Gasteiger partial charge in [-0.25, -0.2) is 8.51 Å². The molecule has 1 aliphatic heterocycles. The van der Waals surface area contributed by atoms with Crippen molar-refractivity contribution in [1.29, 1.82) is 0 Å². The van der Waals surface area contributed by atoms with Crippen LogP contribution in [-0.4, -0.2) is 52.7 Å². The van der Waals surface area contributed by atoms with Crippen molar-refractivity contribution in [3.63, 3.8) is 0 Å². The number of carbonyl (C=O) groups is 1. The molecule has 1 unspecified atom stereocenters. The van der Waals surface area contributed by atoms with E-state index in [1.807, 2.05) is 41.7 Å². The number of hydrogen-bond acceptors (Lipinski definition) is 3. The Hall–Kier alpha value is -2.02. The molecule has 3 rings (SSSR count). The van der Waals surface area contributed by atoms with Gasteiger partial charge in [0.1, 0.15) is 11.0 Å². The molecule has 0 aliphatic carbocycles. The lowest BCUT2D eigenvalue weighted by atomic mass is 10.1. The van der Waals surface area contributed by atoms with Crippen LogP contribution in [0.5, 0.6) is 0 Å². The van der Waals surface area contributed by atoms with Gasteiger partial charge in [0.15, 0.2) is 0 Å². The predicted molar refractivity (Wildman–Crippen MR) is 116 cm³/mol. The molecule has 0 radical (unpaired) electrons. The molecule has 1 atom stereocenters. The van der Waals surface area contributed by atoms with Crippen molar-refractivity contribution in [1.82, 2.24) is 9.21 Å². The van der Waals surface area contributed by atoms with E-state index in [1.54, 1.807) is 4.90 Å². The summed E-state index contributed by atoms with van der Waals surface area (Å²) < 4.78 is 19.9. The maximum atomic E-state index is 12.6. The number of benzene rings is 2.